The van der Waals surface area contributed by atoms with E-state index in [9.17, 15) is 18.3 Å². The summed E-state index contributed by atoms with van der Waals surface area (Å²) in [6, 6.07) is 0. The smallest absolute Gasteiger partial charge is 0.392 e. The number of halogens is 3. The van der Waals surface area contributed by atoms with E-state index < -0.39 is 30.2 Å². The second-order valence-electron chi connectivity index (χ2n) is 4.17. The van der Waals surface area contributed by atoms with Crippen LogP contribution in [-0.2, 0) is 0 Å². The fourth-order valence-electron chi connectivity index (χ4n) is 0.699. The van der Waals surface area contributed by atoms with Gasteiger partial charge >= 0.3 is 6.18 Å². The predicted molar refractivity (Wildman–Crippen MR) is 42.1 cm³/mol. The molecule has 0 aromatic rings. The molecule has 0 aliphatic carbocycles. The quantitative estimate of drug-likeness (QED) is 0.712. The van der Waals surface area contributed by atoms with Gasteiger partial charge in [-0.1, -0.05) is 20.8 Å². The summed E-state index contributed by atoms with van der Waals surface area (Å²) in [7, 11) is 0. The molecule has 0 amide bonds. The largest absolute Gasteiger partial charge is 0.414 e. The van der Waals surface area contributed by atoms with E-state index in [0.717, 1.165) is 0 Å². The predicted octanol–water partition coefficient (Wildman–Crippen LogP) is 1.71. The number of hydrogen-bond acceptors (Lipinski definition) is 2. The molecule has 2 N–H and O–H groups in total. The number of alkyl halides is 3. The molecule has 0 rings (SSSR count). The monoisotopic (exact) mass is 200 g/mol. The maximum atomic E-state index is 11.8. The molecule has 0 aromatic heterocycles. The van der Waals surface area contributed by atoms with E-state index in [0.29, 0.717) is 0 Å². The minimum atomic E-state index is -4.65. The van der Waals surface area contributed by atoms with Gasteiger partial charge in [-0.2, -0.15) is 13.2 Å². The highest BCUT2D eigenvalue weighted by molar-refractivity contribution is 4.78. The van der Waals surface area contributed by atoms with Gasteiger partial charge in [0.1, 0.15) is 0 Å². The Labute approximate surface area is 75.4 Å². The topological polar surface area (TPSA) is 40.5 Å². The van der Waals surface area contributed by atoms with Crippen molar-refractivity contribution in [2.45, 2.75) is 45.6 Å². The van der Waals surface area contributed by atoms with Gasteiger partial charge in [-0.25, -0.2) is 0 Å². The summed E-state index contributed by atoms with van der Waals surface area (Å²) in [5.74, 6) is 0. The highest BCUT2D eigenvalue weighted by atomic mass is 19.4. The van der Waals surface area contributed by atoms with E-state index in [-0.39, 0.29) is 0 Å². The second kappa shape index (κ2) is 3.84. The lowest BCUT2D eigenvalue weighted by atomic mass is 9.86. The molecule has 0 heterocycles. The highest BCUT2D eigenvalue weighted by Crippen LogP contribution is 2.28. The Balaban J connectivity index is 4.15. The summed E-state index contributed by atoms with van der Waals surface area (Å²) in [6.07, 6.45) is -8.93. The van der Waals surface area contributed by atoms with E-state index in [1.165, 1.54) is 0 Å². The van der Waals surface area contributed by atoms with Crippen molar-refractivity contribution in [1.29, 1.82) is 0 Å². The first-order valence-electron chi connectivity index (χ1n) is 3.98. The van der Waals surface area contributed by atoms with Gasteiger partial charge in [0.2, 0.25) is 0 Å². The highest BCUT2D eigenvalue weighted by Gasteiger charge is 2.40. The average molecular weight is 200 g/mol. The zero-order valence-electron chi connectivity index (χ0n) is 7.89. The summed E-state index contributed by atoms with van der Waals surface area (Å²) in [5.41, 5.74) is -0.647. The van der Waals surface area contributed by atoms with Crippen LogP contribution in [0.4, 0.5) is 13.2 Å². The molecule has 13 heavy (non-hydrogen) atoms. The third kappa shape index (κ3) is 4.47. The van der Waals surface area contributed by atoms with E-state index in [1.807, 2.05) is 0 Å². The summed E-state index contributed by atoms with van der Waals surface area (Å²) >= 11 is 0. The van der Waals surface area contributed by atoms with E-state index in [2.05, 4.69) is 0 Å². The molecule has 5 heteroatoms. The zero-order valence-corrected chi connectivity index (χ0v) is 7.89. The van der Waals surface area contributed by atoms with Crippen LogP contribution in [0.1, 0.15) is 27.2 Å². The Kier molecular flexibility index (Phi) is 3.75. The molecule has 0 radical (unpaired) electrons. The van der Waals surface area contributed by atoms with Crippen molar-refractivity contribution in [1.82, 2.24) is 0 Å². The molecule has 0 aliphatic heterocycles. The van der Waals surface area contributed by atoms with Crippen molar-refractivity contribution in [3.63, 3.8) is 0 Å². The fraction of sp³-hybridized carbons (Fsp3) is 1.00. The van der Waals surface area contributed by atoms with Gasteiger partial charge in [-0.3, -0.25) is 0 Å². The third-order valence-electron chi connectivity index (χ3n) is 1.82. The maximum absolute atomic E-state index is 11.8. The maximum Gasteiger partial charge on any atom is 0.414 e. The van der Waals surface area contributed by atoms with Crippen molar-refractivity contribution < 1.29 is 23.4 Å². The SMILES string of the molecule is CC(C)(C)C(O)CC(O)C(F)(F)F. The fourth-order valence-corrected chi connectivity index (χ4v) is 0.699. The Morgan fingerprint density at radius 1 is 1.00 bits per heavy atom. The second-order valence-corrected chi connectivity index (χ2v) is 4.17. The van der Waals surface area contributed by atoms with Gasteiger partial charge < -0.3 is 10.2 Å². The number of aliphatic hydroxyl groups excluding tert-OH is 2. The van der Waals surface area contributed by atoms with Crippen molar-refractivity contribution >= 4 is 0 Å². The molecule has 2 atom stereocenters. The van der Waals surface area contributed by atoms with Gasteiger partial charge in [0.25, 0.3) is 0 Å². The van der Waals surface area contributed by atoms with E-state index in [4.69, 9.17) is 5.11 Å². The Morgan fingerprint density at radius 2 is 1.38 bits per heavy atom. The molecule has 0 bridgehead atoms. The first-order chi connectivity index (χ1) is 5.55. The molecule has 0 saturated heterocycles. The standard InChI is InChI=1S/C8H15F3O2/c1-7(2,3)5(12)4-6(13)8(9,10)11/h5-6,12-13H,4H2,1-3H3. The molecule has 2 unspecified atom stereocenters. The number of aliphatic hydroxyl groups is 2. The Hall–Kier alpha value is -0.290. The minimum absolute atomic E-state index is 0.647. The molecule has 2 nitrogen and oxygen atoms in total. The van der Waals surface area contributed by atoms with Crippen LogP contribution < -0.4 is 0 Å². The van der Waals surface area contributed by atoms with Crippen molar-refractivity contribution in [3.05, 3.63) is 0 Å². The lowest BCUT2D eigenvalue weighted by molar-refractivity contribution is -0.214. The van der Waals surface area contributed by atoms with E-state index >= 15 is 0 Å². The van der Waals surface area contributed by atoms with Crippen LogP contribution >= 0.6 is 0 Å². The molecular weight excluding hydrogens is 185 g/mol. The Morgan fingerprint density at radius 3 is 1.62 bits per heavy atom. The molecule has 0 spiro atoms. The summed E-state index contributed by atoms with van der Waals surface area (Å²) in [5, 5.41) is 17.9. The first kappa shape index (κ1) is 12.7. The van der Waals surface area contributed by atoms with Gasteiger partial charge in [-0.15, -0.1) is 0 Å². The van der Waals surface area contributed by atoms with Crippen LogP contribution in [0.2, 0.25) is 0 Å². The van der Waals surface area contributed by atoms with Crippen LogP contribution in [0.5, 0.6) is 0 Å². The van der Waals surface area contributed by atoms with Crippen molar-refractivity contribution in [3.8, 4) is 0 Å². The molecule has 0 saturated carbocycles. The van der Waals surface area contributed by atoms with Gasteiger partial charge in [0, 0.05) is 6.42 Å². The minimum Gasteiger partial charge on any atom is -0.392 e. The Bertz CT molecular complexity index is 142. The van der Waals surface area contributed by atoms with Gasteiger partial charge in [0.05, 0.1) is 6.10 Å². The number of hydrogen-bond donors (Lipinski definition) is 2. The lowest BCUT2D eigenvalue weighted by Crippen LogP contribution is -2.37. The van der Waals surface area contributed by atoms with Crippen LogP contribution in [-0.4, -0.2) is 28.6 Å². The normalized spacial score (nSPS) is 18.5. The number of rotatable bonds is 2. The van der Waals surface area contributed by atoms with Crippen LogP contribution in [0.3, 0.4) is 0 Å². The lowest BCUT2D eigenvalue weighted by Gasteiger charge is -2.28. The van der Waals surface area contributed by atoms with Crippen LogP contribution in [0.25, 0.3) is 0 Å². The van der Waals surface area contributed by atoms with Gasteiger partial charge in [0.15, 0.2) is 6.10 Å². The molecule has 0 aliphatic rings. The molecule has 80 valence electrons. The van der Waals surface area contributed by atoms with Gasteiger partial charge in [-0.05, 0) is 5.41 Å². The summed E-state index contributed by atoms with van der Waals surface area (Å²) in [6.45, 7) is 4.84. The summed E-state index contributed by atoms with van der Waals surface area (Å²) in [4.78, 5) is 0. The third-order valence-corrected chi connectivity index (χ3v) is 1.82. The first-order valence-corrected chi connectivity index (χ1v) is 3.98. The van der Waals surface area contributed by atoms with Crippen molar-refractivity contribution in [2.24, 2.45) is 5.41 Å². The molecule has 0 fully saturated rings. The molecule has 0 aromatic carbocycles. The van der Waals surface area contributed by atoms with Crippen LogP contribution in [0.15, 0.2) is 0 Å². The average Bonchev–Trinajstić information content (AvgIpc) is 1.82. The zero-order chi connectivity index (χ0) is 10.9. The van der Waals surface area contributed by atoms with Crippen molar-refractivity contribution in [2.75, 3.05) is 0 Å². The van der Waals surface area contributed by atoms with E-state index in [1.54, 1.807) is 20.8 Å². The molecular formula is C8H15F3O2. The van der Waals surface area contributed by atoms with Crippen LogP contribution in [0, 0.1) is 5.41 Å². The summed E-state index contributed by atoms with van der Waals surface area (Å²) < 4.78 is 35.5.